The molecule has 0 aromatic heterocycles. The van der Waals surface area contributed by atoms with Gasteiger partial charge in [0.2, 0.25) is 5.91 Å². The molecule has 0 radical (unpaired) electrons. The smallest absolute Gasteiger partial charge is 0.241 e. The van der Waals surface area contributed by atoms with E-state index >= 15 is 0 Å². The van der Waals surface area contributed by atoms with Gasteiger partial charge in [-0.3, -0.25) is 14.6 Å². The summed E-state index contributed by atoms with van der Waals surface area (Å²) in [7, 11) is 0. The molecule has 0 spiro atoms. The molecule has 1 N–H and O–H groups in total. The van der Waals surface area contributed by atoms with Crippen LogP contribution in [0.4, 0.5) is 5.69 Å². The van der Waals surface area contributed by atoms with E-state index < -0.39 is 0 Å². The van der Waals surface area contributed by atoms with Crippen LogP contribution in [0.3, 0.4) is 0 Å². The molecule has 5 heteroatoms. The van der Waals surface area contributed by atoms with Crippen molar-refractivity contribution in [2.75, 3.05) is 38.0 Å². The van der Waals surface area contributed by atoms with Crippen LogP contribution in [-0.2, 0) is 4.79 Å². The fourth-order valence-electron chi connectivity index (χ4n) is 3.37. The van der Waals surface area contributed by atoms with Crippen LogP contribution in [0.25, 0.3) is 6.08 Å². The number of halogens is 1. The summed E-state index contributed by atoms with van der Waals surface area (Å²) in [6.07, 6.45) is 4.37. The Bertz CT molecular complexity index is 814. The van der Waals surface area contributed by atoms with Crippen molar-refractivity contribution in [2.45, 2.75) is 19.9 Å². The zero-order valence-corrected chi connectivity index (χ0v) is 17.3. The van der Waals surface area contributed by atoms with Crippen molar-refractivity contribution in [1.29, 1.82) is 0 Å². The number of nitrogens with one attached hydrogen (secondary N) is 1. The molecule has 1 fully saturated rings. The van der Waals surface area contributed by atoms with E-state index in [0.717, 1.165) is 44.0 Å². The molecule has 0 saturated carbocycles. The number of anilines is 1. The Kier molecular flexibility index (Phi) is 7.26. The molecule has 0 bridgehead atoms. The predicted molar refractivity (Wildman–Crippen MR) is 118 cm³/mol. The minimum atomic E-state index is -0.166. The van der Waals surface area contributed by atoms with Crippen molar-refractivity contribution < 1.29 is 4.79 Å². The highest BCUT2D eigenvalue weighted by atomic mass is 35.5. The molecule has 0 aliphatic carbocycles. The number of amides is 1. The summed E-state index contributed by atoms with van der Waals surface area (Å²) in [5, 5.41) is 3.65. The molecule has 1 aliphatic rings. The van der Waals surface area contributed by atoms with Crippen molar-refractivity contribution in [3.63, 3.8) is 0 Å². The summed E-state index contributed by atoms with van der Waals surface area (Å²) in [5.41, 5.74) is 3.02. The van der Waals surface area contributed by atoms with Gasteiger partial charge in [-0.1, -0.05) is 60.2 Å². The standard InChI is InChI=1S/C23H28ClN3O/c1-18-10-11-21(24)17-22(18)25-23(28)19(2)27-15-13-26(14-16-27)12-6-9-20-7-4-3-5-8-20/h3-11,17,19H,12-16H2,1-2H3,(H,25,28)/b9-6+/t19-/m1/s1. The maximum atomic E-state index is 12.7. The number of piperazine rings is 1. The number of nitrogens with zero attached hydrogens (tertiary/aromatic N) is 2. The molecule has 2 aromatic carbocycles. The van der Waals surface area contributed by atoms with Gasteiger partial charge in [0, 0.05) is 43.4 Å². The molecule has 28 heavy (non-hydrogen) atoms. The van der Waals surface area contributed by atoms with Gasteiger partial charge in [0.25, 0.3) is 0 Å². The van der Waals surface area contributed by atoms with E-state index in [-0.39, 0.29) is 11.9 Å². The SMILES string of the molecule is Cc1ccc(Cl)cc1NC(=O)[C@@H](C)N1CCN(C/C=C/c2ccccc2)CC1. The summed E-state index contributed by atoms with van der Waals surface area (Å²) >= 11 is 6.05. The fraction of sp³-hybridized carbons (Fsp3) is 0.348. The topological polar surface area (TPSA) is 35.6 Å². The highest BCUT2D eigenvalue weighted by molar-refractivity contribution is 6.31. The molecule has 4 nitrogen and oxygen atoms in total. The van der Waals surface area contributed by atoms with E-state index in [0.29, 0.717) is 5.02 Å². The first-order valence-electron chi connectivity index (χ1n) is 9.78. The van der Waals surface area contributed by atoms with E-state index in [1.165, 1.54) is 5.56 Å². The lowest BCUT2D eigenvalue weighted by atomic mass is 10.1. The quantitative estimate of drug-likeness (QED) is 0.789. The average molecular weight is 398 g/mol. The first-order valence-corrected chi connectivity index (χ1v) is 10.2. The van der Waals surface area contributed by atoms with Gasteiger partial charge in [-0.15, -0.1) is 0 Å². The average Bonchev–Trinajstić information content (AvgIpc) is 2.71. The predicted octanol–water partition coefficient (Wildman–Crippen LogP) is 4.31. The maximum absolute atomic E-state index is 12.7. The van der Waals surface area contributed by atoms with Crippen LogP contribution in [0.15, 0.2) is 54.6 Å². The van der Waals surface area contributed by atoms with Crippen LogP contribution in [0.1, 0.15) is 18.1 Å². The van der Waals surface area contributed by atoms with Crippen LogP contribution in [0, 0.1) is 6.92 Å². The monoisotopic (exact) mass is 397 g/mol. The lowest BCUT2D eigenvalue weighted by molar-refractivity contribution is -0.121. The number of hydrogen-bond acceptors (Lipinski definition) is 3. The molecule has 1 amide bonds. The molecule has 1 aliphatic heterocycles. The molecule has 2 aromatic rings. The van der Waals surface area contributed by atoms with Gasteiger partial charge in [0.05, 0.1) is 6.04 Å². The third kappa shape index (κ3) is 5.68. The summed E-state index contributed by atoms with van der Waals surface area (Å²) in [6.45, 7) is 8.59. The minimum absolute atomic E-state index is 0.0165. The van der Waals surface area contributed by atoms with Crippen LogP contribution in [0.5, 0.6) is 0 Å². The zero-order valence-electron chi connectivity index (χ0n) is 16.6. The highest BCUT2D eigenvalue weighted by Gasteiger charge is 2.25. The molecule has 3 rings (SSSR count). The number of carbonyl (C=O) groups excluding carboxylic acids is 1. The first kappa shape index (κ1) is 20.6. The van der Waals surface area contributed by atoms with Gasteiger partial charge in [-0.05, 0) is 37.1 Å². The van der Waals surface area contributed by atoms with Crippen molar-refractivity contribution in [1.82, 2.24) is 9.80 Å². The lowest BCUT2D eigenvalue weighted by Gasteiger charge is -2.37. The van der Waals surface area contributed by atoms with Crippen LogP contribution in [0.2, 0.25) is 5.02 Å². The summed E-state index contributed by atoms with van der Waals surface area (Å²) < 4.78 is 0. The highest BCUT2D eigenvalue weighted by Crippen LogP contribution is 2.21. The molecular weight excluding hydrogens is 370 g/mol. The Morgan fingerprint density at radius 2 is 1.86 bits per heavy atom. The number of rotatable bonds is 6. The minimum Gasteiger partial charge on any atom is -0.324 e. The van der Waals surface area contributed by atoms with E-state index in [9.17, 15) is 4.79 Å². The Labute approximate surface area is 172 Å². The molecule has 1 atom stereocenters. The molecule has 148 valence electrons. The zero-order chi connectivity index (χ0) is 19.9. The van der Waals surface area contributed by atoms with Gasteiger partial charge >= 0.3 is 0 Å². The van der Waals surface area contributed by atoms with Crippen LogP contribution in [-0.4, -0.2) is 54.5 Å². The Hall–Kier alpha value is -2.14. The number of aryl methyl sites for hydroxylation is 1. The van der Waals surface area contributed by atoms with Gasteiger partial charge in [-0.2, -0.15) is 0 Å². The molecule has 1 heterocycles. The van der Waals surface area contributed by atoms with Crippen LogP contribution < -0.4 is 5.32 Å². The summed E-state index contributed by atoms with van der Waals surface area (Å²) in [4.78, 5) is 17.3. The summed E-state index contributed by atoms with van der Waals surface area (Å²) in [5.74, 6) is 0.0165. The van der Waals surface area contributed by atoms with Crippen molar-refractivity contribution in [3.05, 3.63) is 70.8 Å². The largest absolute Gasteiger partial charge is 0.324 e. The van der Waals surface area contributed by atoms with Gasteiger partial charge in [-0.25, -0.2) is 0 Å². The van der Waals surface area contributed by atoms with Gasteiger partial charge < -0.3 is 5.32 Å². The second-order valence-electron chi connectivity index (χ2n) is 7.27. The Morgan fingerprint density at radius 3 is 2.57 bits per heavy atom. The number of hydrogen-bond donors (Lipinski definition) is 1. The first-order chi connectivity index (χ1) is 13.5. The fourth-order valence-corrected chi connectivity index (χ4v) is 3.54. The lowest BCUT2D eigenvalue weighted by Crippen LogP contribution is -2.52. The number of benzene rings is 2. The van der Waals surface area contributed by atoms with E-state index in [1.54, 1.807) is 6.07 Å². The van der Waals surface area contributed by atoms with E-state index in [4.69, 9.17) is 11.6 Å². The van der Waals surface area contributed by atoms with Crippen molar-refractivity contribution >= 4 is 29.3 Å². The molecule has 0 unspecified atom stereocenters. The molecular formula is C23H28ClN3O. The van der Waals surface area contributed by atoms with Gasteiger partial charge in [0.15, 0.2) is 0 Å². The van der Waals surface area contributed by atoms with Crippen LogP contribution >= 0.6 is 11.6 Å². The number of carbonyl (C=O) groups is 1. The third-order valence-corrected chi connectivity index (χ3v) is 5.50. The van der Waals surface area contributed by atoms with Crippen molar-refractivity contribution in [3.8, 4) is 0 Å². The van der Waals surface area contributed by atoms with E-state index in [2.05, 4.69) is 51.5 Å². The third-order valence-electron chi connectivity index (χ3n) is 5.27. The molecule has 1 saturated heterocycles. The second-order valence-corrected chi connectivity index (χ2v) is 7.71. The summed E-state index contributed by atoms with van der Waals surface area (Å²) in [6, 6.07) is 15.7. The van der Waals surface area contributed by atoms with Crippen molar-refractivity contribution in [2.24, 2.45) is 0 Å². The Balaban J connectivity index is 1.46. The van der Waals surface area contributed by atoms with E-state index in [1.807, 2.05) is 32.0 Å². The second kappa shape index (κ2) is 9.87. The Morgan fingerprint density at radius 1 is 1.14 bits per heavy atom. The van der Waals surface area contributed by atoms with Gasteiger partial charge in [0.1, 0.15) is 0 Å². The maximum Gasteiger partial charge on any atom is 0.241 e. The normalized spacial score (nSPS) is 17.0.